The largest absolute Gasteiger partial charge is 0.416 e. The molecule has 1 aliphatic rings. The highest BCUT2D eigenvalue weighted by Crippen LogP contribution is 2.29. The molecule has 0 bridgehead atoms. The first-order valence-electron chi connectivity index (χ1n) is 9.93. The second-order valence-electron chi connectivity index (χ2n) is 7.65. The number of nitrogens with one attached hydrogen (secondary N) is 1. The predicted octanol–water partition coefficient (Wildman–Crippen LogP) is 3.82. The van der Waals surface area contributed by atoms with Gasteiger partial charge in [-0.3, -0.25) is 14.6 Å². The lowest BCUT2D eigenvalue weighted by Crippen LogP contribution is -2.47. The van der Waals surface area contributed by atoms with E-state index in [2.05, 4.69) is 19.8 Å². The number of halogens is 3. The molecule has 1 aliphatic heterocycles. The van der Waals surface area contributed by atoms with Crippen LogP contribution in [0.25, 0.3) is 10.9 Å². The van der Waals surface area contributed by atoms with Crippen LogP contribution in [0.2, 0.25) is 0 Å². The van der Waals surface area contributed by atoms with Crippen molar-refractivity contribution in [2.24, 2.45) is 0 Å². The Morgan fingerprint density at radius 2 is 1.70 bits per heavy atom. The molecule has 1 saturated heterocycles. The van der Waals surface area contributed by atoms with Crippen molar-refractivity contribution in [3.05, 3.63) is 75.8 Å². The van der Waals surface area contributed by atoms with Crippen LogP contribution in [-0.2, 0) is 12.7 Å². The monoisotopic (exact) mass is 416 g/mol. The Hall–Kier alpha value is -2.71. The fraction of sp³-hybridized carbons (Fsp3) is 0.364. The topological polar surface area (TPSA) is 52.2 Å². The quantitative estimate of drug-likeness (QED) is 0.703. The highest BCUT2D eigenvalue weighted by atomic mass is 19.4. The van der Waals surface area contributed by atoms with Gasteiger partial charge >= 0.3 is 6.18 Å². The van der Waals surface area contributed by atoms with Crippen LogP contribution >= 0.6 is 0 Å². The molecule has 0 unspecified atom stereocenters. The van der Waals surface area contributed by atoms with Crippen LogP contribution in [0.3, 0.4) is 0 Å². The van der Waals surface area contributed by atoms with Crippen LogP contribution in [0.5, 0.6) is 0 Å². The number of hydrogen-bond acceptors (Lipinski definition) is 4. The van der Waals surface area contributed by atoms with Crippen molar-refractivity contribution in [1.82, 2.24) is 19.8 Å². The lowest BCUT2D eigenvalue weighted by molar-refractivity contribution is -0.137. The summed E-state index contributed by atoms with van der Waals surface area (Å²) in [6, 6.07) is 12.6. The van der Waals surface area contributed by atoms with E-state index in [1.54, 1.807) is 18.2 Å². The minimum atomic E-state index is -4.31. The van der Waals surface area contributed by atoms with Gasteiger partial charge in [-0.15, -0.1) is 0 Å². The lowest BCUT2D eigenvalue weighted by Gasteiger charge is -2.37. The summed E-state index contributed by atoms with van der Waals surface area (Å²) >= 11 is 0. The Morgan fingerprint density at radius 3 is 2.37 bits per heavy atom. The first-order chi connectivity index (χ1) is 14.3. The highest BCUT2D eigenvalue weighted by Gasteiger charge is 2.30. The van der Waals surface area contributed by atoms with E-state index in [1.807, 2.05) is 25.1 Å². The van der Waals surface area contributed by atoms with Gasteiger partial charge in [-0.1, -0.05) is 24.3 Å². The molecule has 2 aromatic carbocycles. The molecule has 5 nitrogen and oxygen atoms in total. The molecule has 30 heavy (non-hydrogen) atoms. The molecular formula is C22H23F3N4O. The van der Waals surface area contributed by atoms with Crippen LogP contribution in [0.4, 0.5) is 13.2 Å². The summed E-state index contributed by atoms with van der Waals surface area (Å²) in [7, 11) is 0. The average molecular weight is 416 g/mol. The normalized spacial score (nSPS) is 17.3. The Kier molecular flexibility index (Phi) is 5.62. The number of H-pyrrole nitrogens is 1. The Bertz CT molecular complexity index is 1070. The summed E-state index contributed by atoms with van der Waals surface area (Å²) in [4.78, 5) is 24.3. The standard InChI is InChI=1S/C22H23F3N4O/c1-15(20-26-19-5-3-2-4-18(19)21(30)27-20)29-12-10-28(11-13-29)14-16-6-8-17(9-7-16)22(23,24)25/h2-9,15H,10-14H2,1H3,(H,26,27,30)/t15-/m0/s1. The summed E-state index contributed by atoms with van der Waals surface area (Å²) in [5, 5.41) is 0.579. The van der Waals surface area contributed by atoms with Gasteiger partial charge in [0, 0.05) is 32.7 Å². The van der Waals surface area contributed by atoms with Gasteiger partial charge in [-0.05, 0) is 36.8 Å². The maximum atomic E-state index is 12.7. The number of benzene rings is 2. The smallest absolute Gasteiger partial charge is 0.309 e. The van der Waals surface area contributed by atoms with Crippen molar-refractivity contribution >= 4 is 10.9 Å². The lowest BCUT2D eigenvalue weighted by atomic mass is 10.1. The van der Waals surface area contributed by atoms with E-state index in [1.165, 1.54) is 0 Å². The zero-order valence-corrected chi connectivity index (χ0v) is 16.6. The maximum Gasteiger partial charge on any atom is 0.416 e. The van der Waals surface area contributed by atoms with Gasteiger partial charge in [0.25, 0.3) is 5.56 Å². The van der Waals surface area contributed by atoms with Gasteiger partial charge in [0.1, 0.15) is 5.82 Å². The molecule has 1 aromatic heterocycles. The van der Waals surface area contributed by atoms with E-state index in [-0.39, 0.29) is 11.6 Å². The molecule has 0 saturated carbocycles. The first kappa shape index (κ1) is 20.6. The van der Waals surface area contributed by atoms with Crippen molar-refractivity contribution in [1.29, 1.82) is 0 Å². The van der Waals surface area contributed by atoms with E-state index in [0.29, 0.717) is 23.3 Å². The fourth-order valence-corrected chi connectivity index (χ4v) is 3.84. The molecule has 0 radical (unpaired) electrons. The van der Waals surface area contributed by atoms with Gasteiger partial charge in [0.2, 0.25) is 0 Å². The Labute approximate surface area is 172 Å². The third kappa shape index (κ3) is 4.39. The van der Waals surface area contributed by atoms with Gasteiger partial charge in [0.05, 0.1) is 22.5 Å². The summed E-state index contributed by atoms with van der Waals surface area (Å²) in [6.07, 6.45) is -4.31. The molecule has 4 rings (SSSR count). The van der Waals surface area contributed by atoms with Crippen LogP contribution < -0.4 is 5.56 Å². The van der Waals surface area contributed by atoms with E-state index >= 15 is 0 Å². The highest BCUT2D eigenvalue weighted by molar-refractivity contribution is 5.77. The van der Waals surface area contributed by atoms with E-state index in [4.69, 9.17) is 0 Å². The summed E-state index contributed by atoms with van der Waals surface area (Å²) in [5.74, 6) is 0.648. The van der Waals surface area contributed by atoms with Crippen LogP contribution in [0, 0.1) is 0 Å². The number of para-hydroxylation sites is 1. The SMILES string of the molecule is C[C@@H](c1nc2ccccc2c(=O)[nH]1)N1CCN(Cc2ccc(C(F)(F)F)cc2)CC1. The number of rotatable bonds is 4. The molecule has 1 N–H and O–H groups in total. The van der Waals surface area contributed by atoms with Crippen LogP contribution in [0.1, 0.15) is 29.9 Å². The minimum Gasteiger partial charge on any atom is -0.309 e. The number of alkyl halides is 3. The van der Waals surface area contributed by atoms with E-state index in [0.717, 1.165) is 43.9 Å². The number of aromatic nitrogens is 2. The molecule has 2 heterocycles. The third-order valence-electron chi connectivity index (χ3n) is 5.67. The predicted molar refractivity (Wildman–Crippen MR) is 109 cm³/mol. The molecule has 1 fully saturated rings. The average Bonchev–Trinajstić information content (AvgIpc) is 2.73. The van der Waals surface area contributed by atoms with Gasteiger partial charge in [-0.25, -0.2) is 4.98 Å². The second-order valence-corrected chi connectivity index (χ2v) is 7.65. The Morgan fingerprint density at radius 1 is 1.03 bits per heavy atom. The van der Waals surface area contributed by atoms with Crippen LogP contribution in [0.15, 0.2) is 53.3 Å². The summed E-state index contributed by atoms with van der Waals surface area (Å²) in [5.41, 5.74) is 0.791. The molecule has 0 spiro atoms. The molecular weight excluding hydrogens is 393 g/mol. The maximum absolute atomic E-state index is 12.7. The van der Waals surface area contributed by atoms with Crippen molar-refractivity contribution in [2.45, 2.75) is 25.7 Å². The van der Waals surface area contributed by atoms with Gasteiger partial charge < -0.3 is 4.98 Å². The second kappa shape index (κ2) is 8.20. The van der Waals surface area contributed by atoms with E-state index < -0.39 is 11.7 Å². The molecule has 1 atom stereocenters. The number of piperazine rings is 1. The molecule has 0 aliphatic carbocycles. The molecule has 158 valence electrons. The number of nitrogens with zero attached hydrogens (tertiary/aromatic N) is 3. The fourth-order valence-electron chi connectivity index (χ4n) is 3.84. The zero-order valence-electron chi connectivity index (χ0n) is 16.6. The van der Waals surface area contributed by atoms with Crippen molar-refractivity contribution in [2.75, 3.05) is 26.2 Å². The molecule has 8 heteroatoms. The van der Waals surface area contributed by atoms with Crippen molar-refractivity contribution < 1.29 is 13.2 Å². The number of hydrogen-bond donors (Lipinski definition) is 1. The molecule has 3 aromatic rings. The summed E-state index contributed by atoms with van der Waals surface area (Å²) in [6.45, 7) is 5.81. The van der Waals surface area contributed by atoms with Gasteiger partial charge in [-0.2, -0.15) is 13.2 Å². The van der Waals surface area contributed by atoms with Crippen molar-refractivity contribution in [3.63, 3.8) is 0 Å². The van der Waals surface area contributed by atoms with Crippen LogP contribution in [-0.4, -0.2) is 45.9 Å². The minimum absolute atomic E-state index is 0.0319. The summed E-state index contributed by atoms with van der Waals surface area (Å²) < 4.78 is 38.1. The zero-order chi connectivity index (χ0) is 21.3. The van der Waals surface area contributed by atoms with Crippen molar-refractivity contribution in [3.8, 4) is 0 Å². The Balaban J connectivity index is 1.38. The van der Waals surface area contributed by atoms with E-state index in [9.17, 15) is 18.0 Å². The van der Waals surface area contributed by atoms with Gasteiger partial charge in [0.15, 0.2) is 0 Å². The third-order valence-corrected chi connectivity index (χ3v) is 5.67. The molecule has 0 amide bonds. The number of fused-ring (bicyclic) bond motifs is 1. The number of aromatic amines is 1. The first-order valence-corrected chi connectivity index (χ1v) is 9.93.